The van der Waals surface area contributed by atoms with E-state index in [4.69, 9.17) is 0 Å². The van der Waals surface area contributed by atoms with Crippen LogP contribution in [0.25, 0.3) is 34.1 Å². The quantitative estimate of drug-likeness (QED) is 0.330. The molecule has 4 rings (SSSR count). The van der Waals surface area contributed by atoms with Crippen LogP contribution in [0.15, 0.2) is 23.2 Å². The van der Waals surface area contributed by atoms with Crippen molar-refractivity contribution in [3.63, 3.8) is 0 Å². The van der Waals surface area contributed by atoms with Crippen LogP contribution in [0, 0.1) is 0 Å². The molecule has 0 unspecified atom stereocenters. The summed E-state index contributed by atoms with van der Waals surface area (Å²) in [6.45, 7) is 1.80. The lowest BCUT2D eigenvalue weighted by molar-refractivity contribution is -0.291. The zero-order valence-corrected chi connectivity index (χ0v) is 19.7. The monoisotopic (exact) mass is 553 g/mol. The number of hydrogen-bond donors (Lipinski definition) is 0. The van der Waals surface area contributed by atoms with Crippen LogP contribution in [0.3, 0.4) is 0 Å². The first kappa shape index (κ1) is 26.3. The predicted octanol–water partition coefficient (Wildman–Crippen LogP) is 3.10. The van der Waals surface area contributed by atoms with Crippen LogP contribution in [-0.4, -0.2) is 65.3 Å². The van der Waals surface area contributed by atoms with Crippen LogP contribution in [0.1, 0.15) is 19.5 Å². The molecule has 4 aromatic heterocycles. The van der Waals surface area contributed by atoms with Crippen molar-refractivity contribution in [2.75, 3.05) is 5.75 Å². The maximum Gasteiger partial charge on any atom is 0.459 e. The summed E-state index contributed by atoms with van der Waals surface area (Å²) in [6, 6.07) is -2.20. The lowest BCUT2D eigenvalue weighted by atomic mass is 10.2. The summed E-state index contributed by atoms with van der Waals surface area (Å²) >= 11 is 0. The Balaban J connectivity index is 1.93. The number of pyridine rings is 1. The molecule has 0 saturated heterocycles. The lowest BCUT2D eigenvalue weighted by Gasteiger charge is -2.17. The first-order valence-electron chi connectivity index (χ1n) is 10.0. The summed E-state index contributed by atoms with van der Waals surface area (Å²) < 4.78 is 121. The zero-order valence-electron chi connectivity index (χ0n) is 18.8. The molecule has 0 N–H and O–H groups in total. The van der Waals surface area contributed by atoms with Crippen molar-refractivity contribution in [1.29, 1.82) is 0 Å². The number of aromatic nitrogens is 9. The van der Waals surface area contributed by atoms with Gasteiger partial charge in [0.1, 0.15) is 16.9 Å². The minimum Gasteiger partial charge on any atom is -0.309 e. The number of rotatable bonds is 6. The molecule has 0 aliphatic carbocycles. The van der Waals surface area contributed by atoms with E-state index in [1.54, 1.807) is 0 Å². The van der Waals surface area contributed by atoms with Crippen LogP contribution in [0.2, 0.25) is 0 Å². The van der Waals surface area contributed by atoms with E-state index >= 15 is 0 Å². The van der Waals surface area contributed by atoms with Gasteiger partial charge in [0.05, 0.1) is 10.6 Å². The van der Waals surface area contributed by atoms with Crippen LogP contribution in [0.5, 0.6) is 0 Å². The van der Waals surface area contributed by atoms with Gasteiger partial charge in [0.25, 0.3) is 0 Å². The van der Waals surface area contributed by atoms with Gasteiger partial charge >= 0.3 is 18.1 Å². The second kappa shape index (κ2) is 8.38. The minimum atomic E-state index is -5.95. The highest BCUT2D eigenvalue weighted by molar-refractivity contribution is 7.91. The molecule has 19 heteroatoms. The van der Waals surface area contributed by atoms with Crippen molar-refractivity contribution in [2.45, 2.75) is 36.9 Å². The van der Waals surface area contributed by atoms with E-state index in [1.807, 2.05) is 0 Å². The number of aryl methyl sites for hydroxylation is 1. The molecule has 0 aliphatic heterocycles. The van der Waals surface area contributed by atoms with Crippen LogP contribution in [-0.2, 0) is 28.9 Å². The van der Waals surface area contributed by atoms with Gasteiger partial charge in [0.2, 0.25) is 0 Å². The first-order valence-corrected chi connectivity index (χ1v) is 11.7. The normalized spacial score (nSPS) is 13.5. The van der Waals surface area contributed by atoms with Gasteiger partial charge in [-0.3, -0.25) is 4.98 Å². The molecule has 0 atom stereocenters. The van der Waals surface area contributed by atoms with Gasteiger partial charge in [-0.05, 0) is 22.6 Å². The number of halogens is 7. The highest BCUT2D eigenvalue weighted by Gasteiger charge is 2.60. The average Bonchev–Trinajstić information content (AvgIpc) is 3.43. The number of nitrogens with zero attached hydrogens (tertiary/aromatic N) is 9. The predicted molar refractivity (Wildman–Crippen MR) is 110 cm³/mol. The van der Waals surface area contributed by atoms with Crippen LogP contribution >= 0.6 is 0 Å². The Labute approximate surface area is 202 Å². The minimum absolute atomic E-state index is 0.152. The molecule has 37 heavy (non-hydrogen) atoms. The summed E-state index contributed by atoms with van der Waals surface area (Å²) in [4.78, 5) is 7.47. The first-order chi connectivity index (χ1) is 17.0. The Bertz CT molecular complexity index is 1610. The molecule has 0 fully saturated rings. The molecule has 0 bridgehead atoms. The second-order valence-corrected chi connectivity index (χ2v) is 9.98. The topological polar surface area (TPSA) is 134 Å². The summed E-state index contributed by atoms with van der Waals surface area (Å²) in [7, 11) is -2.85. The Morgan fingerprint density at radius 3 is 2.24 bits per heavy atom. The Hall–Kier alpha value is -3.77. The van der Waals surface area contributed by atoms with Crippen molar-refractivity contribution in [2.24, 2.45) is 7.05 Å². The van der Waals surface area contributed by atoms with E-state index in [-0.39, 0.29) is 27.4 Å². The summed E-state index contributed by atoms with van der Waals surface area (Å²) in [6.07, 6.45) is -4.97. The Morgan fingerprint density at radius 2 is 1.65 bits per heavy atom. The molecule has 0 saturated carbocycles. The molecule has 0 aromatic carbocycles. The van der Waals surface area contributed by atoms with Crippen molar-refractivity contribution in [3.8, 4) is 22.9 Å². The molecular weight excluding hydrogens is 539 g/mol. The van der Waals surface area contributed by atoms with Crippen molar-refractivity contribution < 1.29 is 39.2 Å². The zero-order chi connectivity index (χ0) is 27.6. The van der Waals surface area contributed by atoms with Gasteiger partial charge in [-0.2, -0.15) is 35.4 Å². The third kappa shape index (κ3) is 4.36. The van der Waals surface area contributed by atoms with E-state index in [2.05, 4.69) is 35.7 Å². The summed E-state index contributed by atoms with van der Waals surface area (Å²) in [5.41, 5.74) is -2.97. The maximum absolute atomic E-state index is 13.9. The van der Waals surface area contributed by atoms with E-state index in [0.717, 1.165) is 16.8 Å². The van der Waals surface area contributed by atoms with Crippen molar-refractivity contribution >= 4 is 21.0 Å². The highest BCUT2D eigenvalue weighted by atomic mass is 32.2. The van der Waals surface area contributed by atoms with Crippen molar-refractivity contribution in [3.05, 3.63) is 24.0 Å². The number of sulfone groups is 1. The van der Waals surface area contributed by atoms with E-state index in [9.17, 15) is 39.2 Å². The Kier molecular flexibility index (Phi) is 5.96. The number of tetrazole rings is 1. The van der Waals surface area contributed by atoms with Crippen LogP contribution in [0.4, 0.5) is 30.7 Å². The van der Waals surface area contributed by atoms with Gasteiger partial charge in [-0.1, -0.05) is 6.92 Å². The van der Waals surface area contributed by atoms with Gasteiger partial charge in [0, 0.05) is 25.7 Å². The number of imidazole rings is 1. The molecule has 4 heterocycles. The molecule has 0 spiro atoms. The number of alkyl halides is 7. The molecule has 0 radical (unpaired) electrons. The van der Waals surface area contributed by atoms with E-state index < -0.39 is 55.7 Å². The smallest absolute Gasteiger partial charge is 0.309 e. The molecule has 11 nitrogen and oxygen atoms in total. The van der Waals surface area contributed by atoms with Crippen molar-refractivity contribution in [1.82, 2.24) is 44.9 Å². The van der Waals surface area contributed by atoms with Crippen LogP contribution < -0.4 is 0 Å². The lowest BCUT2D eigenvalue weighted by Crippen LogP contribution is -2.34. The molecule has 198 valence electrons. The van der Waals surface area contributed by atoms with Gasteiger partial charge < -0.3 is 4.57 Å². The SMILES string of the molecule is CCS(=O)(=O)c1cc(-c2nnnn2C(C)(F)F)cnc1-c1nc2cc(C(F)(F)C(F)(F)F)nnc2n1C. The fourth-order valence-corrected chi connectivity index (χ4v) is 4.31. The second-order valence-electron chi connectivity index (χ2n) is 7.74. The van der Waals surface area contributed by atoms with E-state index in [1.165, 1.54) is 14.0 Å². The Morgan fingerprint density at radius 1 is 0.973 bits per heavy atom. The van der Waals surface area contributed by atoms with Gasteiger partial charge in [-0.25, -0.2) is 13.4 Å². The number of hydrogen-bond acceptors (Lipinski definition) is 9. The summed E-state index contributed by atoms with van der Waals surface area (Å²) in [5, 5.41) is 16.2. The maximum atomic E-state index is 13.9. The molecule has 4 aromatic rings. The third-order valence-corrected chi connectivity index (χ3v) is 6.92. The molecular formula is C18H14F7N9O2S. The van der Waals surface area contributed by atoms with Gasteiger partial charge in [0.15, 0.2) is 27.1 Å². The molecule has 0 aliphatic rings. The van der Waals surface area contributed by atoms with Gasteiger partial charge in [-0.15, -0.1) is 15.3 Å². The average molecular weight is 553 g/mol. The standard InChI is InChI=1S/C18H14F7N9O2S/c1-4-37(35,36)10-5-8(13-30-31-32-34(13)16(2,19)20)7-26-12(10)15-27-9-6-11(17(21,22)18(23,24)25)28-29-14(9)33(15)3/h5-7H,4H2,1-3H3. The fraction of sp³-hybridized carbons (Fsp3) is 0.389. The van der Waals surface area contributed by atoms with E-state index in [0.29, 0.717) is 13.0 Å². The third-order valence-electron chi connectivity index (χ3n) is 5.17. The molecule has 0 amide bonds. The number of fused-ring (bicyclic) bond motifs is 1. The summed E-state index contributed by atoms with van der Waals surface area (Å²) in [5.74, 6) is -6.58. The largest absolute Gasteiger partial charge is 0.459 e. The fourth-order valence-electron chi connectivity index (χ4n) is 3.26. The highest BCUT2D eigenvalue weighted by Crippen LogP contribution is 2.43.